The number of carbonyl (C=O) groups is 1. The molecule has 0 bridgehead atoms. The van der Waals surface area contributed by atoms with Gasteiger partial charge in [0, 0.05) is 27.1 Å². The number of anilines is 1. The quantitative estimate of drug-likeness (QED) is 0.144. The van der Waals surface area contributed by atoms with Crippen LogP contribution in [0.15, 0.2) is 83.2 Å². The molecule has 0 fully saturated rings. The first-order chi connectivity index (χ1) is 19.8. The number of thioether (sulfide) groups is 1. The van der Waals surface area contributed by atoms with E-state index in [4.69, 9.17) is 37.8 Å². The number of allylic oxidation sites excluding steroid dienone is 1. The van der Waals surface area contributed by atoms with Gasteiger partial charge in [0.05, 0.1) is 12.2 Å². The van der Waals surface area contributed by atoms with E-state index in [2.05, 4.69) is 10.3 Å². The van der Waals surface area contributed by atoms with E-state index in [1.807, 2.05) is 44.2 Å². The predicted octanol–water partition coefficient (Wildman–Crippen LogP) is 7.84. The van der Waals surface area contributed by atoms with E-state index in [1.54, 1.807) is 35.0 Å². The molecule has 7 nitrogen and oxygen atoms in total. The van der Waals surface area contributed by atoms with Gasteiger partial charge in [0.25, 0.3) is 0 Å². The molecule has 212 valence electrons. The maximum absolute atomic E-state index is 14.2. The molecule has 4 aromatic rings. The Hall–Kier alpha value is -3.53. The number of hydrogen-bond donors (Lipinski definition) is 1. The average molecular weight is 614 g/mol. The highest BCUT2D eigenvalue weighted by Crippen LogP contribution is 2.38. The first kappa shape index (κ1) is 29.0. The Balaban J connectivity index is 1.46. The van der Waals surface area contributed by atoms with Crippen LogP contribution < -0.4 is 10.1 Å². The number of halogens is 3. The molecule has 0 amide bonds. The topological polar surface area (TPSA) is 78.3 Å². The Morgan fingerprint density at radius 3 is 2.71 bits per heavy atom. The summed E-state index contributed by atoms with van der Waals surface area (Å²) < 4.78 is 27.5. The summed E-state index contributed by atoms with van der Waals surface area (Å²) in [6.07, 6.45) is 0.693. The highest BCUT2D eigenvalue weighted by Gasteiger charge is 2.35. The first-order valence-corrected chi connectivity index (χ1v) is 14.7. The molecule has 41 heavy (non-hydrogen) atoms. The summed E-state index contributed by atoms with van der Waals surface area (Å²) in [6.45, 7) is 4.27. The average Bonchev–Trinajstić information content (AvgIpc) is 3.36. The summed E-state index contributed by atoms with van der Waals surface area (Å²) in [5.41, 5.74) is 3.13. The lowest BCUT2D eigenvalue weighted by atomic mass is 9.95. The fourth-order valence-electron chi connectivity index (χ4n) is 4.37. The van der Waals surface area contributed by atoms with Crippen molar-refractivity contribution in [3.05, 3.63) is 111 Å². The van der Waals surface area contributed by atoms with Gasteiger partial charge in [0.15, 0.2) is 0 Å². The number of rotatable bonds is 10. The molecule has 0 aliphatic carbocycles. The maximum Gasteiger partial charge on any atom is 0.338 e. The van der Waals surface area contributed by atoms with Gasteiger partial charge in [-0.2, -0.15) is 4.98 Å². The summed E-state index contributed by atoms with van der Waals surface area (Å²) in [5.74, 6) is 0.685. The molecule has 1 atom stereocenters. The largest absolute Gasteiger partial charge is 0.489 e. The van der Waals surface area contributed by atoms with E-state index in [9.17, 15) is 9.18 Å². The van der Waals surface area contributed by atoms with Crippen molar-refractivity contribution in [3.8, 4) is 5.75 Å². The zero-order valence-electron chi connectivity index (χ0n) is 22.4. The summed E-state index contributed by atoms with van der Waals surface area (Å²) in [5, 5.41) is 9.41. The molecule has 11 heteroatoms. The number of hydrogen-bond acceptors (Lipinski definition) is 7. The van der Waals surface area contributed by atoms with E-state index in [1.165, 1.54) is 17.8 Å². The molecule has 1 unspecified atom stereocenters. The van der Waals surface area contributed by atoms with Crippen LogP contribution in [0.2, 0.25) is 10.0 Å². The number of fused-ring (bicyclic) bond motifs is 1. The Kier molecular flexibility index (Phi) is 9.17. The smallest absolute Gasteiger partial charge is 0.338 e. The molecule has 1 N–H and O–H groups in total. The van der Waals surface area contributed by atoms with Crippen molar-refractivity contribution in [2.75, 3.05) is 11.9 Å². The highest BCUT2D eigenvalue weighted by atomic mass is 35.5. The standard InChI is InChI=1S/C30H27Cl2FN4O3S/c1-3-13-39-28(38)26-18(2)34-29-35-30(41-17-21-7-4-5-10-25(21)33)36-37(29)27(26)19-8-6-9-23(14-19)40-16-20-11-12-22(31)15-24(20)32/h4-12,14-15,27H,3,13,16-17H2,1-2H3,(H,34,35,36). The van der Waals surface area contributed by atoms with Gasteiger partial charge < -0.3 is 14.8 Å². The van der Waals surface area contributed by atoms with Crippen molar-refractivity contribution < 1.29 is 18.7 Å². The van der Waals surface area contributed by atoms with Crippen LogP contribution in [0.25, 0.3) is 0 Å². The molecule has 0 saturated carbocycles. The number of ether oxygens (including phenoxy) is 2. The number of benzene rings is 3. The van der Waals surface area contributed by atoms with Crippen LogP contribution in [0.5, 0.6) is 5.75 Å². The fourth-order valence-corrected chi connectivity index (χ4v) is 5.65. The van der Waals surface area contributed by atoms with Crippen LogP contribution in [0, 0.1) is 5.82 Å². The third kappa shape index (κ3) is 6.69. The molecule has 5 rings (SSSR count). The fraction of sp³-hybridized carbons (Fsp3) is 0.233. The van der Waals surface area contributed by atoms with E-state index in [-0.39, 0.29) is 12.4 Å². The van der Waals surface area contributed by atoms with E-state index in [0.717, 1.165) is 11.1 Å². The van der Waals surface area contributed by atoms with E-state index in [0.29, 0.717) is 62.5 Å². The molecule has 2 heterocycles. The molecular weight excluding hydrogens is 586 g/mol. The number of aromatic nitrogens is 3. The Labute approximate surface area is 251 Å². The Morgan fingerprint density at radius 2 is 1.93 bits per heavy atom. The lowest BCUT2D eigenvalue weighted by Gasteiger charge is -2.28. The summed E-state index contributed by atoms with van der Waals surface area (Å²) in [4.78, 5) is 17.9. The number of nitrogens with one attached hydrogen (secondary N) is 1. The second-order valence-corrected chi connectivity index (χ2v) is 11.1. The third-order valence-corrected chi connectivity index (χ3v) is 7.86. The van der Waals surface area contributed by atoms with Crippen LogP contribution >= 0.6 is 35.0 Å². The highest BCUT2D eigenvalue weighted by molar-refractivity contribution is 7.98. The monoisotopic (exact) mass is 612 g/mol. The molecule has 0 spiro atoms. The molecular formula is C30H27Cl2FN4O3S. The normalized spacial score (nSPS) is 14.4. The molecule has 1 aliphatic rings. The molecule has 0 radical (unpaired) electrons. The lowest BCUT2D eigenvalue weighted by Crippen LogP contribution is -2.29. The Morgan fingerprint density at radius 1 is 1.10 bits per heavy atom. The van der Waals surface area contributed by atoms with Crippen LogP contribution in [0.4, 0.5) is 10.3 Å². The van der Waals surface area contributed by atoms with Crippen molar-refractivity contribution in [1.82, 2.24) is 14.8 Å². The van der Waals surface area contributed by atoms with Crippen LogP contribution in [0.1, 0.15) is 43.0 Å². The van der Waals surface area contributed by atoms with Gasteiger partial charge in [-0.15, -0.1) is 5.10 Å². The first-order valence-electron chi connectivity index (χ1n) is 13.0. The lowest BCUT2D eigenvalue weighted by molar-refractivity contribution is -0.139. The third-order valence-electron chi connectivity index (χ3n) is 6.39. The summed E-state index contributed by atoms with van der Waals surface area (Å²) in [7, 11) is 0. The number of esters is 1. The second kappa shape index (κ2) is 13.0. The summed E-state index contributed by atoms with van der Waals surface area (Å²) >= 11 is 13.7. The molecule has 1 aliphatic heterocycles. The summed E-state index contributed by atoms with van der Waals surface area (Å²) in [6, 6.07) is 18.7. The van der Waals surface area contributed by atoms with Crippen LogP contribution in [-0.2, 0) is 21.9 Å². The van der Waals surface area contributed by atoms with Gasteiger partial charge >= 0.3 is 5.97 Å². The van der Waals surface area contributed by atoms with Gasteiger partial charge in [-0.3, -0.25) is 0 Å². The van der Waals surface area contributed by atoms with Crippen LogP contribution in [0.3, 0.4) is 0 Å². The predicted molar refractivity (Wildman–Crippen MR) is 159 cm³/mol. The zero-order valence-corrected chi connectivity index (χ0v) is 24.7. The SMILES string of the molecule is CCCOC(=O)C1=C(C)Nc2nc(SCc3ccccc3F)nn2C1c1cccc(OCc2ccc(Cl)cc2Cl)c1. The number of nitrogens with zero attached hydrogens (tertiary/aromatic N) is 3. The molecule has 1 aromatic heterocycles. The van der Waals surface area contributed by atoms with E-state index < -0.39 is 12.0 Å². The maximum atomic E-state index is 14.2. The molecule has 3 aromatic carbocycles. The van der Waals surface area contributed by atoms with Crippen molar-refractivity contribution >= 4 is 46.9 Å². The van der Waals surface area contributed by atoms with Gasteiger partial charge in [-0.1, -0.05) is 78.3 Å². The van der Waals surface area contributed by atoms with Crippen molar-refractivity contribution in [1.29, 1.82) is 0 Å². The van der Waals surface area contributed by atoms with Crippen molar-refractivity contribution in [3.63, 3.8) is 0 Å². The van der Waals surface area contributed by atoms with E-state index >= 15 is 0 Å². The molecule has 0 saturated heterocycles. The van der Waals surface area contributed by atoms with Gasteiger partial charge in [0.1, 0.15) is 24.2 Å². The van der Waals surface area contributed by atoms with Gasteiger partial charge in [-0.25, -0.2) is 13.9 Å². The Bertz CT molecular complexity index is 1610. The van der Waals surface area contributed by atoms with Crippen molar-refractivity contribution in [2.45, 2.75) is 43.8 Å². The van der Waals surface area contributed by atoms with Gasteiger partial charge in [-0.05, 0) is 54.8 Å². The number of carbonyl (C=O) groups excluding carboxylic acids is 1. The minimum atomic E-state index is -0.631. The van der Waals surface area contributed by atoms with Crippen molar-refractivity contribution in [2.24, 2.45) is 0 Å². The van der Waals surface area contributed by atoms with Crippen LogP contribution in [-0.4, -0.2) is 27.3 Å². The minimum Gasteiger partial charge on any atom is -0.489 e. The second-order valence-electron chi connectivity index (χ2n) is 9.34. The van der Waals surface area contributed by atoms with Gasteiger partial charge in [0.2, 0.25) is 11.1 Å². The zero-order chi connectivity index (χ0) is 28.9. The minimum absolute atomic E-state index is 0.233.